The summed E-state index contributed by atoms with van der Waals surface area (Å²) in [5, 5.41) is 6.74. The fourth-order valence-electron chi connectivity index (χ4n) is 2.74. The van der Waals surface area contributed by atoms with Crippen LogP contribution in [0.25, 0.3) is 11.4 Å². The third kappa shape index (κ3) is 5.25. The van der Waals surface area contributed by atoms with Crippen molar-refractivity contribution in [2.45, 2.75) is 19.4 Å². The molecule has 0 saturated carbocycles. The van der Waals surface area contributed by atoms with Crippen LogP contribution in [-0.4, -0.2) is 37.4 Å². The molecule has 0 atom stereocenters. The standard InChI is InChI=1S/C21H23N3O5/c1-26-16-8-6-15(7-9-16)21-23-20(29-24-21)13-22-19(25)11-5-14-4-10-17(27-2)18(12-14)28-3/h4,6-10,12H,5,11,13H2,1-3H3,(H,22,25). The minimum Gasteiger partial charge on any atom is -0.497 e. The first kappa shape index (κ1) is 20.2. The number of aromatic nitrogens is 2. The van der Waals surface area contributed by atoms with Gasteiger partial charge in [-0.1, -0.05) is 11.2 Å². The SMILES string of the molecule is COc1ccc(-c2noc(CNC(=O)CCc3ccc(OC)c(OC)c3)n2)cc1. The first-order valence-electron chi connectivity index (χ1n) is 9.07. The van der Waals surface area contributed by atoms with E-state index in [0.29, 0.717) is 36.1 Å². The van der Waals surface area contributed by atoms with Gasteiger partial charge in [0.05, 0.1) is 27.9 Å². The van der Waals surface area contributed by atoms with Crippen LogP contribution in [0.5, 0.6) is 17.2 Å². The summed E-state index contributed by atoms with van der Waals surface area (Å²) in [7, 11) is 4.77. The smallest absolute Gasteiger partial charge is 0.246 e. The topological polar surface area (TPSA) is 95.7 Å². The first-order valence-corrected chi connectivity index (χ1v) is 9.07. The highest BCUT2D eigenvalue weighted by molar-refractivity contribution is 5.76. The van der Waals surface area contributed by atoms with Crippen molar-refractivity contribution in [1.29, 1.82) is 0 Å². The fourth-order valence-corrected chi connectivity index (χ4v) is 2.74. The van der Waals surface area contributed by atoms with Gasteiger partial charge in [0.2, 0.25) is 17.6 Å². The highest BCUT2D eigenvalue weighted by Gasteiger charge is 2.11. The third-order valence-electron chi connectivity index (χ3n) is 4.34. The summed E-state index contributed by atoms with van der Waals surface area (Å²) >= 11 is 0. The Labute approximate surface area is 168 Å². The predicted molar refractivity (Wildman–Crippen MR) is 106 cm³/mol. The maximum absolute atomic E-state index is 12.1. The van der Waals surface area contributed by atoms with Crippen LogP contribution in [-0.2, 0) is 17.8 Å². The molecule has 8 heteroatoms. The van der Waals surface area contributed by atoms with Gasteiger partial charge in [-0.25, -0.2) is 0 Å². The number of hydrogen-bond acceptors (Lipinski definition) is 7. The van der Waals surface area contributed by atoms with Gasteiger partial charge in [0.15, 0.2) is 11.5 Å². The van der Waals surface area contributed by atoms with Crippen molar-refractivity contribution in [1.82, 2.24) is 15.5 Å². The van der Waals surface area contributed by atoms with Gasteiger partial charge in [-0.15, -0.1) is 0 Å². The number of ether oxygens (including phenoxy) is 3. The lowest BCUT2D eigenvalue weighted by atomic mass is 10.1. The van der Waals surface area contributed by atoms with Crippen LogP contribution in [0.15, 0.2) is 47.0 Å². The summed E-state index contributed by atoms with van der Waals surface area (Å²) in [4.78, 5) is 16.4. The van der Waals surface area contributed by atoms with E-state index in [0.717, 1.165) is 16.9 Å². The van der Waals surface area contributed by atoms with Crippen molar-refractivity contribution in [3.8, 4) is 28.6 Å². The number of amides is 1. The number of nitrogens with zero attached hydrogens (tertiary/aromatic N) is 2. The minimum absolute atomic E-state index is 0.107. The van der Waals surface area contributed by atoms with E-state index in [1.165, 1.54) is 0 Å². The van der Waals surface area contributed by atoms with E-state index >= 15 is 0 Å². The van der Waals surface area contributed by atoms with E-state index in [4.69, 9.17) is 18.7 Å². The molecular formula is C21H23N3O5. The third-order valence-corrected chi connectivity index (χ3v) is 4.34. The fraction of sp³-hybridized carbons (Fsp3) is 0.286. The quantitative estimate of drug-likeness (QED) is 0.593. The molecule has 1 heterocycles. The number of benzene rings is 2. The summed E-state index contributed by atoms with van der Waals surface area (Å²) in [6.45, 7) is 0.175. The molecule has 0 aliphatic heterocycles. The van der Waals surface area contributed by atoms with E-state index in [2.05, 4.69) is 15.5 Å². The van der Waals surface area contributed by atoms with E-state index in [1.807, 2.05) is 42.5 Å². The molecule has 2 aromatic carbocycles. The van der Waals surface area contributed by atoms with Gasteiger partial charge in [0, 0.05) is 12.0 Å². The van der Waals surface area contributed by atoms with Crippen LogP contribution in [0, 0.1) is 0 Å². The Balaban J connectivity index is 1.50. The molecule has 3 aromatic rings. The highest BCUT2D eigenvalue weighted by Crippen LogP contribution is 2.28. The summed E-state index contributed by atoms with van der Waals surface area (Å²) in [5.74, 6) is 2.74. The average Bonchev–Trinajstić information content (AvgIpc) is 3.25. The Hall–Kier alpha value is -3.55. The molecule has 8 nitrogen and oxygen atoms in total. The van der Waals surface area contributed by atoms with Crippen LogP contribution >= 0.6 is 0 Å². The second-order valence-electron chi connectivity index (χ2n) is 6.21. The molecule has 1 amide bonds. The molecule has 0 bridgehead atoms. The Bertz CT molecular complexity index is 953. The Kier molecular flexibility index (Phi) is 6.67. The van der Waals surface area contributed by atoms with Crippen molar-refractivity contribution < 1.29 is 23.5 Å². The maximum Gasteiger partial charge on any atom is 0.246 e. The minimum atomic E-state index is -0.107. The Morgan fingerprint density at radius 3 is 2.45 bits per heavy atom. The van der Waals surface area contributed by atoms with Crippen molar-refractivity contribution in [2.24, 2.45) is 0 Å². The van der Waals surface area contributed by atoms with Crippen molar-refractivity contribution in [3.05, 3.63) is 53.9 Å². The lowest BCUT2D eigenvalue weighted by molar-refractivity contribution is -0.121. The van der Waals surface area contributed by atoms with Gasteiger partial charge in [-0.2, -0.15) is 4.98 Å². The molecule has 152 valence electrons. The lowest BCUT2D eigenvalue weighted by Gasteiger charge is -2.09. The van der Waals surface area contributed by atoms with E-state index in [1.54, 1.807) is 21.3 Å². The number of carbonyl (C=O) groups is 1. The van der Waals surface area contributed by atoms with Gasteiger partial charge >= 0.3 is 0 Å². The van der Waals surface area contributed by atoms with Gasteiger partial charge in [-0.05, 0) is 48.4 Å². The van der Waals surface area contributed by atoms with Crippen LogP contribution in [0.3, 0.4) is 0 Å². The zero-order valence-corrected chi connectivity index (χ0v) is 16.6. The van der Waals surface area contributed by atoms with Crippen LogP contribution in [0.4, 0.5) is 0 Å². The molecular weight excluding hydrogens is 374 g/mol. The van der Waals surface area contributed by atoms with E-state index < -0.39 is 0 Å². The zero-order chi connectivity index (χ0) is 20.6. The number of rotatable bonds is 9. The number of carbonyl (C=O) groups excluding carboxylic acids is 1. The molecule has 0 saturated heterocycles. The lowest BCUT2D eigenvalue weighted by Crippen LogP contribution is -2.23. The zero-order valence-electron chi connectivity index (χ0n) is 16.6. The molecule has 1 aromatic heterocycles. The second kappa shape index (κ2) is 9.59. The first-order chi connectivity index (χ1) is 14.1. The summed E-state index contributed by atoms with van der Waals surface area (Å²) in [6, 6.07) is 12.9. The van der Waals surface area contributed by atoms with E-state index in [-0.39, 0.29) is 12.5 Å². The number of hydrogen-bond donors (Lipinski definition) is 1. The molecule has 0 aliphatic rings. The molecule has 29 heavy (non-hydrogen) atoms. The molecule has 0 spiro atoms. The van der Waals surface area contributed by atoms with E-state index in [9.17, 15) is 4.79 Å². The Morgan fingerprint density at radius 2 is 1.76 bits per heavy atom. The van der Waals surface area contributed by atoms with Crippen LogP contribution < -0.4 is 19.5 Å². The molecule has 3 rings (SSSR count). The molecule has 1 N–H and O–H groups in total. The molecule has 0 aliphatic carbocycles. The second-order valence-corrected chi connectivity index (χ2v) is 6.21. The largest absolute Gasteiger partial charge is 0.497 e. The van der Waals surface area contributed by atoms with Crippen molar-refractivity contribution >= 4 is 5.91 Å². The molecule has 0 unspecified atom stereocenters. The number of methoxy groups -OCH3 is 3. The maximum atomic E-state index is 12.1. The number of aryl methyl sites for hydroxylation is 1. The van der Waals surface area contributed by atoms with Gasteiger partial charge in [0.25, 0.3) is 0 Å². The summed E-state index contributed by atoms with van der Waals surface area (Å²) in [5.41, 5.74) is 1.79. The normalized spacial score (nSPS) is 10.4. The predicted octanol–water partition coefficient (Wildman–Crippen LogP) is 3.01. The highest BCUT2D eigenvalue weighted by atomic mass is 16.5. The van der Waals surface area contributed by atoms with Crippen LogP contribution in [0.2, 0.25) is 0 Å². The number of nitrogens with one attached hydrogen (secondary N) is 1. The van der Waals surface area contributed by atoms with Gasteiger partial charge in [-0.3, -0.25) is 4.79 Å². The molecule has 0 radical (unpaired) electrons. The molecule has 0 fully saturated rings. The van der Waals surface area contributed by atoms with Crippen molar-refractivity contribution in [3.63, 3.8) is 0 Å². The van der Waals surface area contributed by atoms with Crippen molar-refractivity contribution in [2.75, 3.05) is 21.3 Å². The summed E-state index contributed by atoms with van der Waals surface area (Å²) < 4.78 is 20.8. The average molecular weight is 397 g/mol. The monoisotopic (exact) mass is 397 g/mol. The summed E-state index contributed by atoms with van der Waals surface area (Å²) in [6.07, 6.45) is 0.905. The van der Waals surface area contributed by atoms with Gasteiger partial charge in [0.1, 0.15) is 5.75 Å². The van der Waals surface area contributed by atoms with Gasteiger partial charge < -0.3 is 24.1 Å². The Morgan fingerprint density at radius 1 is 1.00 bits per heavy atom. The van der Waals surface area contributed by atoms with Crippen LogP contribution in [0.1, 0.15) is 17.9 Å².